The monoisotopic (exact) mass is 208 g/mol. The minimum atomic E-state index is -0.544. The molecule has 80 valence electrons. The first-order valence-corrected chi connectivity index (χ1v) is 4.98. The average molecular weight is 208 g/mol. The van der Waals surface area contributed by atoms with Crippen LogP contribution in [0.3, 0.4) is 0 Å². The first-order valence-electron chi connectivity index (χ1n) is 4.98. The largest absolute Gasteiger partial charge is 0.326 e. The molecule has 0 bridgehead atoms. The van der Waals surface area contributed by atoms with Crippen LogP contribution in [0.25, 0.3) is 0 Å². The van der Waals surface area contributed by atoms with Crippen molar-refractivity contribution >= 4 is 17.7 Å². The number of urea groups is 1. The first kappa shape index (κ1) is 9.89. The molecule has 2 atom stereocenters. The van der Waals surface area contributed by atoms with E-state index < -0.39 is 12.1 Å². The molecule has 2 N–H and O–H groups in total. The van der Waals surface area contributed by atoms with Gasteiger partial charge in [-0.2, -0.15) is 0 Å². The molecule has 1 heterocycles. The van der Waals surface area contributed by atoms with Crippen LogP contribution in [0, 0.1) is 5.92 Å². The third-order valence-corrected chi connectivity index (χ3v) is 2.75. The van der Waals surface area contributed by atoms with E-state index in [1.165, 1.54) is 0 Å². The molecular weight excluding hydrogens is 196 g/mol. The topological polar surface area (TPSA) is 75.3 Å². The Balaban J connectivity index is 1.97. The van der Waals surface area contributed by atoms with Gasteiger partial charge < -0.3 is 5.32 Å². The Morgan fingerprint density at radius 3 is 2.73 bits per heavy atom. The molecule has 0 aromatic heterocycles. The maximum absolute atomic E-state index is 11.4. The van der Waals surface area contributed by atoms with E-state index in [4.69, 9.17) is 0 Å². The Hall–Kier alpha value is -1.65. The van der Waals surface area contributed by atoms with E-state index in [2.05, 4.69) is 10.6 Å². The summed E-state index contributed by atoms with van der Waals surface area (Å²) in [4.78, 5) is 33.5. The van der Waals surface area contributed by atoms with Gasteiger partial charge in [-0.3, -0.25) is 14.9 Å². The minimum Gasteiger partial charge on any atom is -0.326 e. The fourth-order valence-corrected chi connectivity index (χ4v) is 1.92. The number of carbonyl (C=O) groups excluding carboxylic acids is 3. The average Bonchev–Trinajstić information content (AvgIpc) is 2.49. The lowest BCUT2D eigenvalue weighted by atomic mass is 9.87. The highest BCUT2D eigenvalue weighted by atomic mass is 16.2. The van der Waals surface area contributed by atoms with E-state index in [0.29, 0.717) is 6.42 Å². The zero-order valence-corrected chi connectivity index (χ0v) is 8.16. The van der Waals surface area contributed by atoms with Gasteiger partial charge in [0, 0.05) is 5.92 Å². The molecule has 5 heteroatoms. The summed E-state index contributed by atoms with van der Waals surface area (Å²) in [6, 6.07) is -1.01. The van der Waals surface area contributed by atoms with Crippen LogP contribution in [-0.2, 0) is 9.59 Å². The standard InChI is InChI=1S/C10H12N2O3/c13-8-4-2-1-3-6(8)5-7-9(14)12-10(15)11-7/h2,4,6-7H,1,3,5H2,(H2,11,12,14,15). The molecule has 3 amide bonds. The third kappa shape index (κ3) is 2.06. The van der Waals surface area contributed by atoms with E-state index in [1.807, 2.05) is 6.08 Å². The molecule has 0 saturated carbocycles. The molecule has 2 unspecified atom stereocenters. The number of ketones is 1. The minimum absolute atomic E-state index is 0.0511. The van der Waals surface area contributed by atoms with Gasteiger partial charge >= 0.3 is 6.03 Å². The molecule has 0 aromatic rings. The van der Waals surface area contributed by atoms with Gasteiger partial charge in [-0.1, -0.05) is 6.08 Å². The maximum Gasteiger partial charge on any atom is 0.322 e. The van der Waals surface area contributed by atoms with E-state index in [9.17, 15) is 14.4 Å². The SMILES string of the molecule is O=C1NC(=O)C(CC2CCC=CC2=O)N1. The van der Waals surface area contributed by atoms with Crippen molar-refractivity contribution in [3.05, 3.63) is 12.2 Å². The van der Waals surface area contributed by atoms with Crippen molar-refractivity contribution < 1.29 is 14.4 Å². The summed E-state index contributed by atoms with van der Waals surface area (Å²) >= 11 is 0. The van der Waals surface area contributed by atoms with Crippen LogP contribution in [0.15, 0.2) is 12.2 Å². The summed E-state index contributed by atoms with van der Waals surface area (Å²) < 4.78 is 0. The van der Waals surface area contributed by atoms with Gasteiger partial charge in [0.2, 0.25) is 0 Å². The molecule has 0 aromatic carbocycles. The quantitative estimate of drug-likeness (QED) is 0.633. The van der Waals surface area contributed by atoms with Crippen molar-refractivity contribution in [3.8, 4) is 0 Å². The number of rotatable bonds is 2. The van der Waals surface area contributed by atoms with E-state index in [1.54, 1.807) is 6.08 Å². The molecule has 1 aliphatic heterocycles. The molecule has 0 spiro atoms. The molecule has 2 rings (SSSR count). The van der Waals surface area contributed by atoms with Crippen LogP contribution in [0.2, 0.25) is 0 Å². The van der Waals surface area contributed by atoms with E-state index in [-0.39, 0.29) is 17.6 Å². The zero-order valence-electron chi connectivity index (χ0n) is 8.16. The smallest absolute Gasteiger partial charge is 0.322 e. The second kappa shape index (κ2) is 3.84. The number of hydrogen-bond donors (Lipinski definition) is 2. The molecule has 5 nitrogen and oxygen atoms in total. The van der Waals surface area contributed by atoms with Gasteiger partial charge in [0.1, 0.15) is 6.04 Å². The fraction of sp³-hybridized carbons (Fsp3) is 0.500. The van der Waals surface area contributed by atoms with Gasteiger partial charge in [0.05, 0.1) is 0 Å². The molecular formula is C10H12N2O3. The van der Waals surface area contributed by atoms with Gasteiger partial charge in [0.15, 0.2) is 5.78 Å². The lowest BCUT2D eigenvalue weighted by Gasteiger charge is -2.18. The number of nitrogens with one attached hydrogen (secondary N) is 2. The molecule has 1 aliphatic carbocycles. The second-order valence-electron chi connectivity index (χ2n) is 3.83. The molecule has 15 heavy (non-hydrogen) atoms. The highest BCUT2D eigenvalue weighted by Gasteiger charge is 2.33. The van der Waals surface area contributed by atoms with Crippen molar-refractivity contribution in [1.29, 1.82) is 0 Å². The molecule has 1 fully saturated rings. The lowest BCUT2D eigenvalue weighted by molar-refractivity contribution is -0.122. The third-order valence-electron chi connectivity index (χ3n) is 2.75. The van der Waals surface area contributed by atoms with Crippen molar-refractivity contribution in [1.82, 2.24) is 10.6 Å². The number of allylic oxidation sites excluding steroid dienone is 2. The normalized spacial score (nSPS) is 30.3. The van der Waals surface area contributed by atoms with Crippen LogP contribution in [0.4, 0.5) is 4.79 Å². The highest BCUT2D eigenvalue weighted by Crippen LogP contribution is 2.21. The summed E-state index contributed by atoms with van der Waals surface area (Å²) in [7, 11) is 0. The van der Waals surface area contributed by atoms with E-state index in [0.717, 1.165) is 12.8 Å². The van der Waals surface area contributed by atoms with E-state index >= 15 is 0 Å². The van der Waals surface area contributed by atoms with Crippen LogP contribution in [0.5, 0.6) is 0 Å². The van der Waals surface area contributed by atoms with Gasteiger partial charge in [0.25, 0.3) is 5.91 Å². The number of hydrogen-bond acceptors (Lipinski definition) is 3. The van der Waals surface area contributed by atoms with Gasteiger partial charge in [-0.25, -0.2) is 4.79 Å². The Kier molecular flexibility index (Phi) is 2.53. The van der Waals surface area contributed by atoms with Gasteiger partial charge in [-0.05, 0) is 25.3 Å². The lowest BCUT2D eigenvalue weighted by Crippen LogP contribution is -2.33. The number of amides is 3. The Morgan fingerprint density at radius 2 is 2.13 bits per heavy atom. The van der Waals surface area contributed by atoms with Crippen molar-refractivity contribution in [2.75, 3.05) is 0 Å². The van der Waals surface area contributed by atoms with Crippen molar-refractivity contribution in [3.63, 3.8) is 0 Å². The predicted molar refractivity (Wildman–Crippen MR) is 52.0 cm³/mol. The van der Waals surface area contributed by atoms with Crippen LogP contribution in [-0.4, -0.2) is 23.8 Å². The summed E-state index contributed by atoms with van der Waals surface area (Å²) in [5, 5.41) is 4.65. The Morgan fingerprint density at radius 1 is 1.33 bits per heavy atom. The summed E-state index contributed by atoms with van der Waals surface area (Å²) in [5.41, 5.74) is 0. The second-order valence-corrected chi connectivity index (χ2v) is 3.83. The molecule has 2 aliphatic rings. The van der Waals surface area contributed by atoms with Crippen LogP contribution in [0.1, 0.15) is 19.3 Å². The number of imide groups is 1. The fourth-order valence-electron chi connectivity index (χ4n) is 1.92. The maximum atomic E-state index is 11.4. The molecule has 1 saturated heterocycles. The summed E-state index contributed by atoms with van der Waals surface area (Å²) in [6.07, 6.45) is 5.42. The summed E-state index contributed by atoms with van der Waals surface area (Å²) in [5.74, 6) is -0.415. The van der Waals surface area contributed by atoms with Gasteiger partial charge in [-0.15, -0.1) is 0 Å². The zero-order chi connectivity index (χ0) is 10.8. The molecule has 0 radical (unpaired) electrons. The Labute approximate surface area is 86.9 Å². The Bertz CT molecular complexity index is 349. The highest BCUT2D eigenvalue weighted by molar-refractivity contribution is 6.04. The van der Waals surface area contributed by atoms with Crippen LogP contribution >= 0.6 is 0 Å². The van der Waals surface area contributed by atoms with Crippen molar-refractivity contribution in [2.24, 2.45) is 5.92 Å². The number of carbonyl (C=O) groups is 3. The predicted octanol–water partition coefficient (Wildman–Crippen LogP) is 0.120. The van der Waals surface area contributed by atoms with Crippen LogP contribution < -0.4 is 10.6 Å². The van der Waals surface area contributed by atoms with Crippen molar-refractivity contribution in [2.45, 2.75) is 25.3 Å². The summed E-state index contributed by atoms with van der Waals surface area (Å²) in [6.45, 7) is 0. The first-order chi connectivity index (χ1) is 7.16.